The first-order chi connectivity index (χ1) is 17.1. The van der Waals surface area contributed by atoms with Crippen molar-refractivity contribution in [3.8, 4) is 0 Å². The molecule has 0 saturated carbocycles. The average molecular weight is 487 g/mol. The lowest BCUT2D eigenvalue weighted by atomic mass is 9.85. The van der Waals surface area contributed by atoms with Gasteiger partial charge >= 0.3 is 6.03 Å². The van der Waals surface area contributed by atoms with Gasteiger partial charge in [0.2, 0.25) is 5.91 Å². The van der Waals surface area contributed by atoms with Crippen LogP contribution < -0.4 is 11.1 Å². The van der Waals surface area contributed by atoms with E-state index in [1.165, 1.54) is 4.90 Å². The van der Waals surface area contributed by atoms with Crippen LogP contribution >= 0.6 is 11.7 Å². The third kappa shape index (κ3) is 4.31. The van der Waals surface area contributed by atoms with Gasteiger partial charge in [-0.25, -0.2) is 4.79 Å². The van der Waals surface area contributed by atoms with Crippen molar-refractivity contribution in [2.24, 2.45) is 10.9 Å². The van der Waals surface area contributed by atoms with Crippen molar-refractivity contribution in [2.45, 2.75) is 18.6 Å². The number of carbonyl (C=O) groups excluding carboxylic acids is 2. The van der Waals surface area contributed by atoms with E-state index in [-0.39, 0.29) is 19.6 Å². The number of nitrogens with zero attached hydrogens (tertiary/aromatic N) is 4. The van der Waals surface area contributed by atoms with Crippen molar-refractivity contribution >= 4 is 46.1 Å². The molecule has 0 spiro atoms. The number of likely N-dealkylation sites (tertiary alicyclic amines) is 1. The molecule has 2 heterocycles. The van der Waals surface area contributed by atoms with Gasteiger partial charge in [0.15, 0.2) is 5.54 Å². The third-order valence-corrected chi connectivity index (χ3v) is 6.48. The van der Waals surface area contributed by atoms with E-state index in [4.69, 9.17) is 10.6 Å². The topological polar surface area (TPSA) is 123 Å². The molecule has 1 unspecified atom stereocenters. The summed E-state index contributed by atoms with van der Waals surface area (Å²) in [5, 5.41) is 7.14. The van der Waals surface area contributed by atoms with Gasteiger partial charge in [-0.2, -0.15) is 8.75 Å². The Kier molecular flexibility index (Phi) is 6.11. The summed E-state index contributed by atoms with van der Waals surface area (Å²) in [5.74, 6) is -0.686. The van der Waals surface area contributed by atoms with Gasteiger partial charge in [0, 0.05) is 17.7 Å². The molecule has 1 saturated heterocycles. The summed E-state index contributed by atoms with van der Waals surface area (Å²) >= 11 is 1.03. The molecule has 1 atom stereocenters. The van der Waals surface area contributed by atoms with Gasteiger partial charge in [0.05, 0.1) is 24.0 Å². The molecular weight excluding hydrogens is 464 g/mol. The molecule has 176 valence electrons. The maximum atomic E-state index is 13.5. The number of fused-ring (bicyclic) bond motifs is 1. The molecule has 35 heavy (non-hydrogen) atoms. The second-order valence-corrected chi connectivity index (χ2v) is 8.67. The van der Waals surface area contributed by atoms with Gasteiger partial charge in [-0.3, -0.25) is 9.69 Å². The summed E-state index contributed by atoms with van der Waals surface area (Å²) in [6.07, 6.45) is 0.0793. The SMILES string of the molecule is NC(=O)C1(c2cccc3nsnc23)CC(=NOCc2ccccc2)CN1C(=O)Nc1ccccc1. The minimum absolute atomic E-state index is 0.0599. The highest BCUT2D eigenvalue weighted by atomic mass is 32.1. The van der Waals surface area contributed by atoms with Crippen LogP contribution in [0.3, 0.4) is 0 Å². The number of aromatic nitrogens is 2. The predicted octanol–water partition coefficient (Wildman–Crippen LogP) is 3.88. The van der Waals surface area contributed by atoms with Crippen molar-refractivity contribution in [1.82, 2.24) is 13.6 Å². The molecule has 1 aliphatic heterocycles. The Labute approximate surface area is 205 Å². The number of primary amides is 1. The predicted molar refractivity (Wildman–Crippen MR) is 134 cm³/mol. The summed E-state index contributed by atoms with van der Waals surface area (Å²) in [6.45, 7) is 0.320. The van der Waals surface area contributed by atoms with Crippen LogP contribution in [0, 0.1) is 0 Å². The van der Waals surface area contributed by atoms with Crippen molar-refractivity contribution < 1.29 is 14.4 Å². The van der Waals surface area contributed by atoms with E-state index in [9.17, 15) is 9.59 Å². The smallest absolute Gasteiger partial charge is 0.323 e. The summed E-state index contributed by atoms with van der Waals surface area (Å²) in [4.78, 5) is 33.6. The highest BCUT2D eigenvalue weighted by molar-refractivity contribution is 7.00. The van der Waals surface area contributed by atoms with E-state index in [0.717, 1.165) is 17.3 Å². The fourth-order valence-electron chi connectivity index (χ4n) is 4.29. The second-order valence-electron chi connectivity index (χ2n) is 8.14. The summed E-state index contributed by atoms with van der Waals surface area (Å²) in [7, 11) is 0. The number of hydrogen-bond donors (Lipinski definition) is 2. The number of nitrogens with one attached hydrogen (secondary N) is 1. The molecule has 0 aliphatic carbocycles. The Morgan fingerprint density at radius 1 is 1.03 bits per heavy atom. The number of para-hydroxylation sites is 1. The molecule has 5 rings (SSSR count). The van der Waals surface area contributed by atoms with Gasteiger partial charge in [0.1, 0.15) is 17.6 Å². The fraction of sp³-hybridized carbons (Fsp3) is 0.160. The molecule has 3 aromatic carbocycles. The van der Waals surface area contributed by atoms with Gasteiger partial charge < -0.3 is 15.9 Å². The molecule has 1 aliphatic rings. The molecule has 1 aromatic heterocycles. The number of rotatable bonds is 6. The molecule has 3 amide bonds. The van der Waals surface area contributed by atoms with E-state index in [0.29, 0.717) is 28.0 Å². The quantitative estimate of drug-likeness (QED) is 0.401. The van der Waals surface area contributed by atoms with Gasteiger partial charge in [0.25, 0.3) is 0 Å². The molecule has 9 nitrogen and oxygen atoms in total. The zero-order chi connectivity index (χ0) is 24.3. The monoisotopic (exact) mass is 486 g/mol. The minimum atomic E-state index is -1.51. The summed E-state index contributed by atoms with van der Waals surface area (Å²) in [6, 6.07) is 23.5. The lowest BCUT2D eigenvalue weighted by Crippen LogP contribution is -2.54. The number of benzene rings is 3. The Balaban J connectivity index is 1.53. The largest absolute Gasteiger partial charge is 0.391 e. The summed E-state index contributed by atoms with van der Waals surface area (Å²) < 4.78 is 8.67. The van der Waals surface area contributed by atoms with Gasteiger partial charge in [-0.1, -0.05) is 65.8 Å². The molecule has 0 bridgehead atoms. The number of nitrogens with two attached hydrogens (primary N) is 1. The zero-order valence-corrected chi connectivity index (χ0v) is 19.4. The maximum Gasteiger partial charge on any atom is 0.323 e. The van der Waals surface area contributed by atoms with E-state index in [1.54, 1.807) is 30.3 Å². The molecule has 10 heteroatoms. The lowest BCUT2D eigenvalue weighted by molar-refractivity contribution is -0.127. The highest BCUT2D eigenvalue weighted by Gasteiger charge is 2.54. The van der Waals surface area contributed by atoms with Crippen LogP contribution in [-0.4, -0.2) is 37.8 Å². The van der Waals surface area contributed by atoms with E-state index in [2.05, 4.69) is 19.2 Å². The Hall–Kier alpha value is -4.31. The van der Waals surface area contributed by atoms with Crippen LogP contribution in [0.4, 0.5) is 10.5 Å². The lowest BCUT2D eigenvalue weighted by Gasteiger charge is -2.35. The van der Waals surface area contributed by atoms with Gasteiger partial charge in [-0.15, -0.1) is 0 Å². The number of hydrogen-bond acceptors (Lipinski definition) is 7. The molecular formula is C25H22N6O3S. The van der Waals surface area contributed by atoms with E-state index >= 15 is 0 Å². The van der Waals surface area contributed by atoms with Crippen LogP contribution in [0.1, 0.15) is 17.5 Å². The third-order valence-electron chi connectivity index (χ3n) is 5.94. The molecule has 1 fully saturated rings. The number of urea groups is 1. The maximum absolute atomic E-state index is 13.5. The molecule has 3 N–H and O–H groups in total. The first-order valence-electron chi connectivity index (χ1n) is 10.9. The normalized spacial score (nSPS) is 18.6. The fourth-order valence-corrected chi connectivity index (χ4v) is 4.84. The first-order valence-corrected chi connectivity index (χ1v) is 11.7. The van der Waals surface area contributed by atoms with Crippen LogP contribution in [0.15, 0.2) is 84.0 Å². The average Bonchev–Trinajstić information content (AvgIpc) is 3.51. The van der Waals surface area contributed by atoms with Crippen LogP contribution in [0.5, 0.6) is 0 Å². The van der Waals surface area contributed by atoms with Crippen LogP contribution in [0.25, 0.3) is 11.0 Å². The highest BCUT2D eigenvalue weighted by Crippen LogP contribution is 2.41. The Morgan fingerprint density at radius 2 is 1.77 bits per heavy atom. The van der Waals surface area contributed by atoms with E-state index in [1.807, 2.05) is 48.5 Å². The molecule has 0 radical (unpaired) electrons. The van der Waals surface area contributed by atoms with Crippen LogP contribution in [-0.2, 0) is 21.8 Å². The van der Waals surface area contributed by atoms with Crippen molar-refractivity contribution in [3.05, 3.63) is 90.0 Å². The Bertz CT molecular complexity index is 1390. The summed E-state index contributed by atoms with van der Waals surface area (Å²) in [5.41, 5.74) is 8.24. The first kappa shape index (κ1) is 22.5. The number of amides is 3. The molecule has 4 aromatic rings. The van der Waals surface area contributed by atoms with Crippen molar-refractivity contribution in [1.29, 1.82) is 0 Å². The minimum Gasteiger partial charge on any atom is -0.391 e. The number of anilines is 1. The van der Waals surface area contributed by atoms with Crippen LogP contribution in [0.2, 0.25) is 0 Å². The number of oxime groups is 1. The van der Waals surface area contributed by atoms with Crippen molar-refractivity contribution in [2.75, 3.05) is 11.9 Å². The van der Waals surface area contributed by atoms with Gasteiger partial charge in [-0.05, 0) is 23.8 Å². The van der Waals surface area contributed by atoms with E-state index < -0.39 is 17.5 Å². The Morgan fingerprint density at radius 3 is 2.51 bits per heavy atom. The second kappa shape index (κ2) is 9.51. The zero-order valence-electron chi connectivity index (χ0n) is 18.6. The standard InChI is InChI=1S/C25H22N6O3S/c26-23(32)25(20-12-7-13-21-22(20)30-35-29-21)14-19(28-34-16-17-8-3-1-4-9-17)15-31(25)24(33)27-18-10-5-2-6-11-18/h1-13H,14-16H2,(H2,26,32)(H,27,33). The number of carbonyl (C=O) groups is 2. The van der Waals surface area contributed by atoms with Crippen molar-refractivity contribution in [3.63, 3.8) is 0 Å².